The number of H-pyrrole nitrogens is 1. The van der Waals surface area contributed by atoms with Gasteiger partial charge in [0.05, 0.1) is 23.0 Å². The summed E-state index contributed by atoms with van der Waals surface area (Å²) in [6, 6.07) is 15.8. The highest BCUT2D eigenvalue weighted by Crippen LogP contribution is 2.38. The monoisotopic (exact) mass is 436 g/mol. The van der Waals surface area contributed by atoms with E-state index in [2.05, 4.69) is 19.9 Å². The normalized spacial score (nSPS) is 16.2. The topological polar surface area (TPSA) is 104 Å². The fourth-order valence-corrected chi connectivity index (χ4v) is 6.01. The maximum Gasteiger partial charge on any atom is 0.271 e. The highest BCUT2D eigenvalue weighted by molar-refractivity contribution is 8.01. The fraction of sp³-hybridized carbons (Fsp3) is 0.100. The number of aromatic nitrogens is 4. The highest BCUT2D eigenvalue weighted by atomic mass is 32.2. The first kappa shape index (κ1) is 18.8. The van der Waals surface area contributed by atoms with Crippen molar-refractivity contribution in [2.75, 3.05) is 4.31 Å². The molecule has 0 aliphatic carbocycles. The molecule has 0 saturated carbocycles. The Bertz CT molecular complexity index is 1370. The lowest BCUT2D eigenvalue weighted by Crippen LogP contribution is -2.43. The molecule has 150 valence electrons. The third-order valence-corrected chi connectivity index (χ3v) is 7.53. The van der Waals surface area contributed by atoms with Crippen molar-refractivity contribution in [1.29, 1.82) is 0 Å². The van der Waals surface area contributed by atoms with E-state index in [9.17, 15) is 8.42 Å². The molecule has 1 aliphatic rings. The Morgan fingerprint density at radius 2 is 1.77 bits per heavy atom. The zero-order valence-corrected chi connectivity index (χ0v) is 17.4. The van der Waals surface area contributed by atoms with E-state index in [0.717, 1.165) is 0 Å². The van der Waals surface area contributed by atoms with Crippen LogP contribution >= 0.6 is 11.8 Å². The molecular weight excluding hydrogens is 420 g/mol. The lowest BCUT2D eigenvalue weighted by atomic mass is 10.3. The molecule has 0 spiro atoms. The van der Waals surface area contributed by atoms with Gasteiger partial charge in [0.25, 0.3) is 10.0 Å². The summed E-state index contributed by atoms with van der Waals surface area (Å²) in [6.07, 6.45) is 3.01. The number of fused-ring (bicyclic) bond motifs is 2. The zero-order chi connectivity index (χ0) is 20.7. The molecule has 0 radical (unpaired) electrons. The van der Waals surface area contributed by atoms with Crippen LogP contribution in [0.15, 0.2) is 82.2 Å². The summed E-state index contributed by atoms with van der Waals surface area (Å²) in [4.78, 5) is 20.6. The Morgan fingerprint density at radius 1 is 1.00 bits per heavy atom. The van der Waals surface area contributed by atoms with Gasteiger partial charge >= 0.3 is 0 Å². The van der Waals surface area contributed by atoms with E-state index >= 15 is 0 Å². The first-order chi connectivity index (χ1) is 14.6. The van der Waals surface area contributed by atoms with Gasteiger partial charge in [-0.3, -0.25) is 0 Å². The van der Waals surface area contributed by atoms with Crippen molar-refractivity contribution < 1.29 is 8.42 Å². The van der Waals surface area contributed by atoms with Gasteiger partial charge in [0, 0.05) is 0 Å². The van der Waals surface area contributed by atoms with Gasteiger partial charge < -0.3 is 4.98 Å². The lowest BCUT2D eigenvalue weighted by molar-refractivity contribution is 0.596. The lowest BCUT2D eigenvalue weighted by Gasteiger charge is -2.32. The van der Waals surface area contributed by atoms with E-state index in [-0.39, 0.29) is 10.1 Å². The number of imidazole rings is 1. The molecule has 1 aliphatic heterocycles. The van der Waals surface area contributed by atoms with Crippen LogP contribution in [0, 0.1) is 0 Å². The maximum atomic E-state index is 13.5. The van der Waals surface area contributed by atoms with Gasteiger partial charge in [0.15, 0.2) is 5.65 Å². The Balaban J connectivity index is 1.64. The average Bonchev–Trinajstić information content (AvgIpc) is 3.24. The Kier molecular flexibility index (Phi) is 4.52. The van der Waals surface area contributed by atoms with E-state index in [1.165, 1.54) is 22.4 Å². The van der Waals surface area contributed by atoms with E-state index in [4.69, 9.17) is 4.99 Å². The number of aliphatic imine (C=N–C) groups is 1. The number of hydrogen-bond donors (Lipinski definition) is 1. The Labute approximate surface area is 177 Å². The van der Waals surface area contributed by atoms with Crippen molar-refractivity contribution in [1.82, 2.24) is 19.9 Å². The van der Waals surface area contributed by atoms with Gasteiger partial charge in [0.1, 0.15) is 27.6 Å². The van der Waals surface area contributed by atoms with Crippen molar-refractivity contribution in [3.63, 3.8) is 0 Å². The molecule has 1 atom stereocenters. The minimum absolute atomic E-state index is 0.188. The predicted octanol–water partition coefficient (Wildman–Crippen LogP) is 3.77. The highest BCUT2D eigenvalue weighted by Gasteiger charge is 2.37. The Hall–Kier alpha value is -3.24. The first-order valence-corrected chi connectivity index (χ1v) is 11.5. The summed E-state index contributed by atoms with van der Waals surface area (Å²) >= 11 is 1.40. The molecule has 1 unspecified atom stereocenters. The van der Waals surface area contributed by atoms with Crippen LogP contribution < -0.4 is 4.31 Å². The number of sulfonamides is 1. The zero-order valence-electron chi connectivity index (χ0n) is 15.8. The number of amidine groups is 1. The second-order valence-electron chi connectivity index (χ2n) is 6.58. The van der Waals surface area contributed by atoms with Crippen LogP contribution in [0.3, 0.4) is 0 Å². The second kappa shape index (κ2) is 7.22. The van der Waals surface area contributed by atoms with Crippen molar-refractivity contribution in [3.8, 4) is 0 Å². The summed E-state index contributed by atoms with van der Waals surface area (Å²) in [5.74, 6) is 0.413. The number of aromatic amines is 1. The predicted molar refractivity (Wildman–Crippen MR) is 117 cm³/mol. The number of thioether (sulfide) groups is 1. The van der Waals surface area contributed by atoms with E-state index in [1.54, 1.807) is 54.9 Å². The fourth-order valence-electron chi connectivity index (χ4n) is 3.30. The molecule has 3 heterocycles. The van der Waals surface area contributed by atoms with Crippen molar-refractivity contribution in [2.24, 2.45) is 4.99 Å². The standard InChI is InChI=1S/C20H16N6O2S2/c1-13(29-20-17-18(22-11-21-17)23-12-24-20)19-25-15-9-5-6-10-16(15)30(27,28)26(19)14-7-3-2-4-8-14/h2-13H,1H3,(H,21,22,23,24). The van der Waals surface area contributed by atoms with Crippen molar-refractivity contribution in [3.05, 3.63) is 67.3 Å². The third kappa shape index (κ3) is 3.04. The van der Waals surface area contributed by atoms with Gasteiger partial charge in [-0.2, -0.15) is 0 Å². The van der Waals surface area contributed by atoms with Crippen LogP contribution in [0.1, 0.15) is 6.92 Å². The molecule has 30 heavy (non-hydrogen) atoms. The van der Waals surface area contributed by atoms with Crippen LogP contribution in [0.25, 0.3) is 11.2 Å². The molecule has 5 rings (SSSR count). The first-order valence-electron chi connectivity index (χ1n) is 9.14. The SMILES string of the molecule is CC(Sc1ncnc2nc[nH]c12)C1=Nc2ccccc2S(=O)(=O)N1c1ccccc1. The summed E-state index contributed by atoms with van der Waals surface area (Å²) in [5, 5.41) is 0.353. The Morgan fingerprint density at radius 3 is 2.60 bits per heavy atom. The summed E-state index contributed by atoms with van der Waals surface area (Å²) < 4.78 is 28.4. The summed E-state index contributed by atoms with van der Waals surface area (Å²) in [6.45, 7) is 1.91. The van der Waals surface area contributed by atoms with Gasteiger partial charge in [-0.15, -0.1) is 0 Å². The van der Waals surface area contributed by atoms with Crippen LogP contribution in [0.5, 0.6) is 0 Å². The second-order valence-corrected chi connectivity index (χ2v) is 9.67. The quantitative estimate of drug-likeness (QED) is 0.386. The number of nitrogens with one attached hydrogen (secondary N) is 1. The van der Waals surface area contributed by atoms with Gasteiger partial charge in [0.2, 0.25) is 0 Å². The van der Waals surface area contributed by atoms with Crippen LogP contribution in [0.2, 0.25) is 0 Å². The van der Waals surface area contributed by atoms with Crippen molar-refractivity contribution in [2.45, 2.75) is 22.1 Å². The molecular formula is C20H16N6O2S2. The van der Waals surface area contributed by atoms with Crippen LogP contribution in [0.4, 0.5) is 11.4 Å². The molecule has 2 aromatic heterocycles. The average molecular weight is 437 g/mol. The van der Waals surface area contributed by atoms with Gasteiger partial charge in [-0.25, -0.2) is 32.7 Å². The number of para-hydroxylation sites is 2. The summed E-state index contributed by atoms with van der Waals surface area (Å²) in [5.41, 5.74) is 2.23. The smallest absolute Gasteiger partial charge is 0.271 e. The molecule has 10 heteroatoms. The molecule has 4 aromatic rings. The summed E-state index contributed by atoms with van der Waals surface area (Å²) in [7, 11) is -3.82. The molecule has 0 saturated heterocycles. The van der Waals surface area contributed by atoms with Gasteiger partial charge in [-0.05, 0) is 31.2 Å². The van der Waals surface area contributed by atoms with Crippen molar-refractivity contribution >= 4 is 50.2 Å². The van der Waals surface area contributed by atoms with Crippen LogP contribution in [-0.4, -0.2) is 39.4 Å². The number of hydrogen-bond acceptors (Lipinski definition) is 7. The molecule has 0 bridgehead atoms. The minimum atomic E-state index is -3.82. The molecule has 8 nitrogen and oxygen atoms in total. The molecule has 2 aromatic carbocycles. The number of benzene rings is 2. The third-order valence-electron chi connectivity index (χ3n) is 4.66. The number of nitrogens with zero attached hydrogens (tertiary/aromatic N) is 5. The molecule has 0 fully saturated rings. The van der Waals surface area contributed by atoms with E-state index in [0.29, 0.717) is 33.4 Å². The maximum absolute atomic E-state index is 13.5. The van der Waals surface area contributed by atoms with E-state index in [1.807, 2.05) is 13.0 Å². The number of anilines is 1. The van der Waals surface area contributed by atoms with Crippen LogP contribution in [-0.2, 0) is 10.0 Å². The minimum Gasteiger partial charge on any atom is -0.341 e. The largest absolute Gasteiger partial charge is 0.341 e. The van der Waals surface area contributed by atoms with E-state index < -0.39 is 10.0 Å². The molecule has 1 N–H and O–H groups in total. The molecule has 0 amide bonds. The van der Waals surface area contributed by atoms with Gasteiger partial charge in [-0.1, -0.05) is 42.1 Å². The number of rotatable bonds is 4.